The van der Waals surface area contributed by atoms with E-state index in [0.29, 0.717) is 17.2 Å². The van der Waals surface area contributed by atoms with Gasteiger partial charge in [-0.05, 0) is 72.4 Å². The Morgan fingerprint density at radius 1 is 0.974 bits per heavy atom. The number of carbonyl (C=O) groups excluding carboxylic acids is 2. The maximum absolute atomic E-state index is 13.5. The molecule has 1 aliphatic rings. The quantitative estimate of drug-likeness (QED) is 0.391. The average Bonchev–Trinajstić information content (AvgIpc) is 3.13. The van der Waals surface area contributed by atoms with E-state index in [1.807, 2.05) is 0 Å². The second kappa shape index (κ2) is 11.1. The largest absolute Gasteiger partial charge is 0.497 e. The number of thiocarbonyl (C=S) groups is 1. The van der Waals surface area contributed by atoms with Crippen LogP contribution in [0.3, 0.4) is 0 Å². The molecule has 1 saturated heterocycles. The molecule has 4 rings (SSSR count). The molecule has 3 aromatic carbocycles. The van der Waals surface area contributed by atoms with Gasteiger partial charge in [-0.3, -0.25) is 14.5 Å². The van der Waals surface area contributed by atoms with Crippen LogP contribution in [0.15, 0.2) is 72.8 Å². The lowest BCUT2D eigenvalue weighted by Gasteiger charge is -2.24. The summed E-state index contributed by atoms with van der Waals surface area (Å²) in [5, 5.41) is 2.74. The molecule has 0 saturated carbocycles. The zero-order chi connectivity index (χ0) is 27.4. The van der Waals surface area contributed by atoms with Crippen molar-refractivity contribution in [2.75, 3.05) is 24.4 Å². The first-order valence-electron chi connectivity index (χ1n) is 11.5. The standard InChI is InChI=1S/C27H24F3N3O4S/c1-36-21-10-6-17(7-11-21)16-32-23(15-24(34)31-19-8-12-22(37-2)13-9-19)25(35)33(26(32)38)20-5-3-4-18(14-20)27(28,29)30/h3-14,23H,15-16H2,1-2H3,(H,31,34). The Hall–Kier alpha value is -4.12. The molecule has 0 bridgehead atoms. The molecule has 1 fully saturated rings. The van der Waals surface area contributed by atoms with E-state index in [0.717, 1.165) is 22.6 Å². The Morgan fingerprint density at radius 2 is 1.58 bits per heavy atom. The van der Waals surface area contributed by atoms with Crippen LogP contribution in [0.2, 0.25) is 0 Å². The topological polar surface area (TPSA) is 71.1 Å². The summed E-state index contributed by atoms with van der Waals surface area (Å²) in [7, 11) is 3.06. The van der Waals surface area contributed by atoms with Crippen molar-refractivity contribution in [1.29, 1.82) is 0 Å². The molecular formula is C27H24F3N3O4S. The van der Waals surface area contributed by atoms with Crippen LogP contribution < -0.4 is 19.7 Å². The number of hydrogen-bond donors (Lipinski definition) is 1. The number of alkyl halides is 3. The van der Waals surface area contributed by atoms with Gasteiger partial charge in [0.05, 0.1) is 31.9 Å². The zero-order valence-electron chi connectivity index (χ0n) is 20.5. The smallest absolute Gasteiger partial charge is 0.416 e. The second-order valence-corrected chi connectivity index (χ2v) is 8.84. The van der Waals surface area contributed by atoms with Crippen molar-refractivity contribution in [3.05, 3.63) is 83.9 Å². The van der Waals surface area contributed by atoms with E-state index in [1.54, 1.807) is 53.4 Å². The van der Waals surface area contributed by atoms with Crippen molar-refractivity contribution in [3.8, 4) is 11.5 Å². The molecule has 0 aliphatic carbocycles. The summed E-state index contributed by atoms with van der Waals surface area (Å²) in [6.07, 6.45) is -4.86. The lowest BCUT2D eigenvalue weighted by Crippen LogP contribution is -2.37. The molecule has 7 nitrogen and oxygen atoms in total. The lowest BCUT2D eigenvalue weighted by atomic mass is 10.1. The first-order chi connectivity index (χ1) is 18.1. The molecule has 3 aromatic rings. The van der Waals surface area contributed by atoms with E-state index < -0.39 is 29.6 Å². The van der Waals surface area contributed by atoms with Crippen LogP contribution in [0.1, 0.15) is 17.5 Å². The van der Waals surface area contributed by atoms with Crippen molar-refractivity contribution >= 4 is 40.5 Å². The zero-order valence-corrected chi connectivity index (χ0v) is 21.3. The average molecular weight is 544 g/mol. The molecule has 198 valence electrons. The number of hydrogen-bond acceptors (Lipinski definition) is 5. The summed E-state index contributed by atoms with van der Waals surface area (Å²) in [6, 6.07) is 17.1. The van der Waals surface area contributed by atoms with Crippen LogP contribution in [0.5, 0.6) is 11.5 Å². The number of nitrogens with zero attached hydrogens (tertiary/aromatic N) is 2. The molecule has 1 aliphatic heterocycles. The number of ether oxygens (including phenoxy) is 2. The number of methoxy groups -OCH3 is 2. The maximum atomic E-state index is 13.5. The predicted octanol–water partition coefficient (Wildman–Crippen LogP) is 5.25. The molecule has 1 heterocycles. The number of rotatable bonds is 8. The van der Waals surface area contributed by atoms with Gasteiger partial charge < -0.3 is 19.7 Å². The van der Waals surface area contributed by atoms with Crippen LogP contribution in [0.25, 0.3) is 0 Å². The van der Waals surface area contributed by atoms with Crippen LogP contribution in [-0.2, 0) is 22.3 Å². The molecule has 38 heavy (non-hydrogen) atoms. The molecule has 2 amide bonds. The van der Waals surface area contributed by atoms with Gasteiger partial charge in [0, 0.05) is 12.2 Å². The van der Waals surface area contributed by atoms with E-state index in [4.69, 9.17) is 21.7 Å². The van der Waals surface area contributed by atoms with Gasteiger partial charge in [-0.15, -0.1) is 0 Å². The first-order valence-corrected chi connectivity index (χ1v) is 11.9. The summed E-state index contributed by atoms with van der Waals surface area (Å²) in [5.74, 6) is 0.200. The van der Waals surface area contributed by atoms with Gasteiger partial charge >= 0.3 is 6.18 Å². The number of benzene rings is 3. The third kappa shape index (κ3) is 5.88. The van der Waals surface area contributed by atoms with E-state index in [2.05, 4.69) is 5.32 Å². The summed E-state index contributed by atoms with van der Waals surface area (Å²) >= 11 is 5.57. The minimum Gasteiger partial charge on any atom is -0.497 e. The van der Waals surface area contributed by atoms with Gasteiger partial charge in [0.1, 0.15) is 17.5 Å². The van der Waals surface area contributed by atoms with Crippen LogP contribution in [0, 0.1) is 0 Å². The molecule has 1 unspecified atom stereocenters. The van der Waals surface area contributed by atoms with Crippen molar-refractivity contribution < 1.29 is 32.2 Å². The van der Waals surface area contributed by atoms with E-state index in [-0.39, 0.29) is 23.8 Å². The Balaban J connectivity index is 1.62. The third-order valence-corrected chi connectivity index (χ3v) is 6.43. The molecule has 0 aromatic heterocycles. The third-order valence-electron chi connectivity index (χ3n) is 6.01. The van der Waals surface area contributed by atoms with Crippen molar-refractivity contribution in [2.45, 2.75) is 25.2 Å². The Labute approximate surface area is 222 Å². The molecule has 11 heteroatoms. The van der Waals surface area contributed by atoms with Crippen molar-refractivity contribution in [2.24, 2.45) is 0 Å². The highest BCUT2D eigenvalue weighted by Crippen LogP contribution is 2.34. The van der Waals surface area contributed by atoms with Crippen molar-refractivity contribution in [1.82, 2.24) is 4.90 Å². The summed E-state index contributed by atoms with van der Waals surface area (Å²) < 4.78 is 50.4. The molecule has 1 N–H and O–H groups in total. The van der Waals surface area contributed by atoms with Gasteiger partial charge in [0.2, 0.25) is 5.91 Å². The van der Waals surface area contributed by atoms with E-state index in [1.165, 1.54) is 26.4 Å². The van der Waals surface area contributed by atoms with Gasteiger partial charge in [0.15, 0.2) is 5.11 Å². The predicted molar refractivity (Wildman–Crippen MR) is 140 cm³/mol. The van der Waals surface area contributed by atoms with Gasteiger partial charge in [0.25, 0.3) is 5.91 Å². The monoisotopic (exact) mass is 543 g/mol. The Morgan fingerprint density at radius 3 is 2.16 bits per heavy atom. The summed E-state index contributed by atoms with van der Waals surface area (Å²) in [4.78, 5) is 29.1. The van der Waals surface area contributed by atoms with Crippen LogP contribution in [-0.4, -0.2) is 42.1 Å². The Kier molecular flexibility index (Phi) is 7.86. The van der Waals surface area contributed by atoms with E-state index in [9.17, 15) is 22.8 Å². The molecule has 1 atom stereocenters. The van der Waals surface area contributed by atoms with E-state index >= 15 is 0 Å². The van der Waals surface area contributed by atoms with Gasteiger partial charge in [-0.2, -0.15) is 13.2 Å². The second-order valence-electron chi connectivity index (χ2n) is 8.48. The summed E-state index contributed by atoms with van der Waals surface area (Å²) in [6.45, 7) is 0.157. The number of anilines is 2. The minimum absolute atomic E-state index is 0.00684. The lowest BCUT2D eigenvalue weighted by molar-refractivity contribution is -0.137. The molecular weight excluding hydrogens is 519 g/mol. The molecule has 0 radical (unpaired) electrons. The number of amides is 2. The normalized spacial score (nSPS) is 15.6. The van der Waals surface area contributed by atoms with Crippen LogP contribution in [0.4, 0.5) is 24.5 Å². The summed E-state index contributed by atoms with van der Waals surface area (Å²) in [5.41, 5.74) is 0.341. The van der Waals surface area contributed by atoms with Crippen molar-refractivity contribution in [3.63, 3.8) is 0 Å². The van der Waals surface area contributed by atoms with Gasteiger partial charge in [-0.25, -0.2) is 0 Å². The fourth-order valence-electron chi connectivity index (χ4n) is 4.06. The highest BCUT2D eigenvalue weighted by Gasteiger charge is 2.44. The maximum Gasteiger partial charge on any atom is 0.416 e. The Bertz CT molecular complexity index is 1330. The molecule has 0 spiro atoms. The fraction of sp³-hybridized carbons (Fsp3) is 0.222. The number of halogens is 3. The SMILES string of the molecule is COc1ccc(CN2C(=S)N(c3cccc(C(F)(F)F)c3)C(=O)C2CC(=O)Nc2ccc(OC)cc2)cc1. The highest BCUT2D eigenvalue weighted by molar-refractivity contribution is 7.80. The highest BCUT2D eigenvalue weighted by atomic mass is 32.1. The van der Waals surface area contributed by atoms with Crippen LogP contribution >= 0.6 is 12.2 Å². The minimum atomic E-state index is -4.60. The van der Waals surface area contributed by atoms with Gasteiger partial charge in [-0.1, -0.05) is 18.2 Å². The number of nitrogens with one attached hydrogen (secondary N) is 1. The first kappa shape index (κ1) is 26.9. The number of carbonyl (C=O) groups is 2. The fourth-order valence-corrected chi connectivity index (χ4v) is 4.45.